The smallest absolute Gasteiger partial charge is 0.335 e. The number of nitrogens with one attached hydrogen (secondary N) is 1. The fourth-order valence-electron chi connectivity index (χ4n) is 2.39. The van der Waals surface area contributed by atoms with Gasteiger partial charge in [-0.25, -0.2) is 4.79 Å². The number of aromatic nitrogens is 1. The van der Waals surface area contributed by atoms with Gasteiger partial charge in [-0.15, -0.1) is 0 Å². The normalized spacial score (nSPS) is 10.1. The molecule has 132 valence electrons. The summed E-state index contributed by atoms with van der Waals surface area (Å²) in [7, 11) is 0. The Labute approximate surface area is 159 Å². The van der Waals surface area contributed by atoms with Gasteiger partial charge < -0.3 is 10.4 Å². The lowest BCUT2D eigenvalue weighted by molar-refractivity contribution is 0.0696. The fraction of sp³-hybridized carbons (Fsp3) is 0. The van der Waals surface area contributed by atoms with Crippen LogP contribution in [0.2, 0.25) is 5.02 Å². The van der Waals surface area contributed by atoms with Crippen LogP contribution in [0.5, 0.6) is 0 Å². The molecule has 27 heavy (non-hydrogen) atoms. The van der Waals surface area contributed by atoms with Crippen LogP contribution in [0.4, 0.5) is 5.69 Å². The Balaban J connectivity index is 1.77. The second kappa shape index (κ2) is 7.68. The van der Waals surface area contributed by atoms with E-state index in [1.54, 1.807) is 24.3 Å². The summed E-state index contributed by atoms with van der Waals surface area (Å²) in [4.78, 5) is 27.5. The molecule has 2 aromatic carbocycles. The molecule has 3 rings (SSSR count). The lowest BCUT2D eigenvalue weighted by Gasteiger charge is -2.08. The van der Waals surface area contributed by atoms with Gasteiger partial charge in [-0.05, 0) is 42.5 Å². The zero-order valence-corrected chi connectivity index (χ0v) is 14.6. The van der Waals surface area contributed by atoms with E-state index in [2.05, 4.69) is 10.3 Å². The van der Waals surface area contributed by atoms with Crippen molar-refractivity contribution in [3.63, 3.8) is 0 Å². The molecule has 6 nitrogen and oxygen atoms in total. The van der Waals surface area contributed by atoms with E-state index in [-0.39, 0.29) is 16.1 Å². The highest BCUT2D eigenvalue weighted by molar-refractivity contribution is 6.34. The third-order valence-corrected chi connectivity index (χ3v) is 4.12. The molecule has 0 aliphatic heterocycles. The van der Waals surface area contributed by atoms with E-state index >= 15 is 0 Å². The number of nitrogens with zero attached hydrogens (tertiary/aromatic N) is 2. The number of halogens is 1. The van der Waals surface area contributed by atoms with Gasteiger partial charge in [0.1, 0.15) is 0 Å². The molecule has 0 aliphatic carbocycles. The van der Waals surface area contributed by atoms with Crippen molar-refractivity contribution < 1.29 is 14.7 Å². The van der Waals surface area contributed by atoms with Crippen molar-refractivity contribution in [2.45, 2.75) is 0 Å². The van der Waals surface area contributed by atoms with Crippen LogP contribution in [0.1, 0.15) is 26.3 Å². The largest absolute Gasteiger partial charge is 0.478 e. The van der Waals surface area contributed by atoms with Crippen molar-refractivity contribution in [1.82, 2.24) is 4.98 Å². The molecule has 3 aromatic rings. The standard InChI is InChI=1S/C20H12ClN3O3/c21-17-7-1-12(10-22)9-16(17)19(25)24-15-6-8-18(23-11-15)13-2-4-14(5-3-13)20(26)27/h1-9,11H,(H,24,25)(H,26,27). The Kier molecular flexibility index (Phi) is 5.15. The second-order valence-electron chi connectivity index (χ2n) is 5.58. The average Bonchev–Trinajstić information content (AvgIpc) is 2.69. The fourth-order valence-corrected chi connectivity index (χ4v) is 2.59. The first-order valence-corrected chi connectivity index (χ1v) is 8.16. The molecule has 0 atom stereocenters. The van der Waals surface area contributed by atoms with Crippen molar-refractivity contribution in [3.05, 3.63) is 82.5 Å². The van der Waals surface area contributed by atoms with Crippen LogP contribution in [0.3, 0.4) is 0 Å². The van der Waals surface area contributed by atoms with Crippen molar-refractivity contribution in [2.24, 2.45) is 0 Å². The number of carbonyl (C=O) groups is 2. The molecule has 0 aliphatic rings. The lowest BCUT2D eigenvalue weighted by Crippen LogP contribution is -2.13. The van der Waals surface area contributed by atoms with E-state index < -0.39 is 11.9 Å². The quantitative estimate of drug-likeness (QED) is 0.708. The van der Waals surface area contributed by atoms with E-state index in [4.69, 9.17) is 22.0 Å². The van der Waals surface area contributed by atoms with Gasteiger partial charge in [0.05, 0.1) is 45.4 Å². The minimum atomic E-state index is -0.994. The summed E-state index contributed by atoms with van der Waals surface area (Å²) in [5.41, 5.74) is 2.58. The molecule has 1 aromatic heterocycles. The molecule has 0 radical (unpaired) electrons. The molecule has 0 spiro atoms. The maximum Gasteiger partial charge on any atom is 0.335 e. The summed E-state index contributed by atoms with van der Waals surface area (Å²) in [6, 6.07) is 16.1. The minimum absolute atomic E-state index is 0.194. The topological polar surface area (TPSA) is 103 Å². The molecule has 0 bridgehead atoms. The van der Waals surface area contributed by atoms with Gasteiger partial charge >= 0.3 is 5.97 Å². The first kappa shape index (κ1) is 18.1. The number of carboxylic acids is 1. The average molecular weight is 378 g/mol. The maximum atomic E-state index is 12.4. The van der Waals surface area contributed by atoms with Gasteiger partial charge in [-0.2, -0.15) is 5.26 Å². The molecule has 7 heteroatoms. The number of anilines is 1. The van der Waals surface area contributed by atoms with Gasteiger partial charge in [0.15, 0.2) is 0 Å². The van der Waals surface area contributed by atoms with Crippen molar-refractivity contribution in [1.29, 1.82) is 5.26 Å². The van der Waals surface area contributed by atoms with Gasteiger partial charge in [0.25, 0.3) is 5.91 Å². The third-order valence-electron chi connectivity index (χ3n) is 3.79. The van der Waals surface area contributed by atoms with Gasteiger partial charge in [0.2, 0.25) is 0 Å². The van der Waals surface area contributed by atoms with Gasteiger partial charge in [-0.3, -0.25) is 9.78 Å². The monoisotopic (exact) mass is 377 g/mol. The molecular weight excluding hydrogens is 366 g/mol. The predicted octanol–water partition coefficient (Wildman–Crippen LogP) is 4.22. The third kappa shape index (κ3) is 4.11. The number of amides is 1. The van der Waals surface area contributed by atoms with Crippen molar-refractivity contribution >= 4 is 29.2 Å². The summed E-state index contributed by atoms with van der Waals surface area (Å²) in [5, 5.41) is 20.8. The second-order valence-corrected chi connectivity index (χ2v) is 5.98. The SMILES string of the molecule is N#Cc1ccc(Cl)c(C(=O)Nc2ccc(-c3ccc(C(=O)O)cc3)nc2)c1. The molecule has 1 amide bonds. The van der Waals surface area contributed by atoms with Crippen LogP contribution in [0.25, 0.3) is 11.3 Å². The Bertz CT molecular complexity index is 1060. The first-order chi connectivity index (χ1) is 13.0. The Morgan fingerprint density at radius 2 is 1.81 bits per heavy atom. The summed E-state index contributed by atoms with van der Waals surface area (Å²) >= 11 is 6.03. The predicted molar refractivity (Wildman–Crippen MR) is 101 cm³/mol. The zero-order valence-electron chi connectivity index (χ0n) is 13.8. The summed E-state index contributed by atoms with van der Waals surface area (Å²) in [6.07, 6.45) is 1.49. The van der Waals surface area contributed by atoms with Crippen LogP contribution >= 0.6 is 11.6 Å². The van der Waals surface area contributed by atoms with Crippen LogP contribution in [-0.4, -0.2) is 22.0 Å². The highest BCUT2D eigenvalue weighted by atomic mass is 35.5. The number of nitriles is 1. The molecular formula is C20H12ClN3O3. The summed E-state index contributed by atoms with van der Waals surface area (Å²) < 4.78 is 0. The van der Waals surface area contributed by atoms with Crippen molar-refractivity contribution in [2.75, 3.05) is 5.32 Å². The molecule has 2 N–H and O–H groups in total. The van der Waals surface area contributed by atoms with Gasteiger partial charge in [-0.1, -0.05) is 23.7 Å². The summed E-state index contributed by atoms with van der Waals surface area (Å²) in [6.45, 7) is 0. The molecule has 0 saturated carbocycles. The number of carboxylic acid groups (broad SMARTS) is 1. The van der Waals surface area contributed by atoms with E-state index in [9.17, 15) is 9.59 Å². The zero-order chi connectivity index (χ0) is 19.4. The van der Waals surface area contributed by atoms with Gasteiger partial charge in [0, 0.05) is 5.56 Å². The number of hydrogen-bond donors (Lipinski definition) is 2. The van der Waals surface area contributed by atoms with Crippen molar-refractivity contribution in [3.8, 4) is 17.3 Å². The van der Waals surface area contributed by atoms with E-state index in [0.29, 0.717) is 16.9 Å². The van der Waals surface area contributed by atoms with Crippen LogP contribution in [-0.2, 0) is 0 Å². The van der Waals surface area contributed by atoms with Crippen LogP contribution in [0.15, 0.2) is 60.8 Å². The summed E-state index contributed by atoms with van der Waals surface area (Å²) in [5.74, 6) is -1.44. The molecule has 0 saturated heterocycles. The number of benzene rings is 2. The Hall–Kier alpha value is -3.69. The number of rotatable bonds is 4. The number of pyridine rings is 1. The maximum absolute atomic E-state index is 12.4. The molecule has 1 heterocycles. The number of carbonyl (C=O) groups excluding carboxylic acids is 1. The number of hydrogen-bond acceptors (Lipinski definition) is 4. The highest BCUT2D eigenvalue weighted by Crippen LogP contribution is 2.21. The number of aromatic carboxylic acids is 1. The minimum Gasteiger partial charge on any atom is -0.478 e. The highest BCUT2D eigenvalue weighted by Gasteiger charge is 2.12. The lowest BCUT2D eigenvalue weighted by atomic mass is 10.1. The Morgan fingerprint density at radius 3 is 2.41 bits per heavy atom. The van der Waals surface area contributed by atoms with Crippen LogP contribution < -0.4 is 5.32 Å². The molecule has 0 fully saturated rings. The van der Waals surface area contributed by atoms with E-state index in [1.165, 1.54) is 36.5 Å². The Morgan fingerprint density at radius 1 is 1.07 bits per heavy atom. The van der Waals surface area contributed by atoms with Crippen LogP contribution in [0, 0.1) is 11.3 Å². The first-order valence-electron chi connectivity index (χ1n) is 7.79. The molecule has 0 unspecified atom stereocenters. The van der Waals surface area contributed by atoms with E-state index in [1.807, 2.05) is 6.07 Å². The van der Waals surface area contributed by atoms with E-state index in [0.717, 1.165) is 5.56 Å².